The first-order valence-electron chi connectivity index (χ1n) is 6.68. The highest BCUT2D eigenvalue weighted by molar-refractivity contribution is 6.34. The largest absolute Gasteiger partial charge is 0.378 e. The van der Waals surface area contributed by atoms with Crippen molar-refractivity contribution in [1.29, 1.82) is 0 Å². The lowest BCUT2D eigenvalue weighted by Crippen LogP contribution is -2.20. The van der Waals surface area contributed by atoms with E-state index in [0.717, 1.165) is 25.9 Å². The number of aryl methyl sites for hydroxylation is 1. The highest BCUT2D eigenvalue weighted by Crippen LogP contribution is 2.24. The summed E-state index contributed by atoms with van der Waals surface area (Å²) in [6.07, 6.45) is 4.57. The third kappa shape index (κ3) is 3.77. The summed E-state index contributed by atoms with van der Waals surface area (Å²) in [4.78, 5) is 12.1. The van der Waals surface area contributed by atoms with Gasteiger partial charge in [-0.25, -0.2) is 4.39 Å². The molecule has 1 saturated heterocycles. The van der Waals surface area contributed by atoms with Crippen LogP contribution >= 0.6 is 11.6 Å². The summed E-state index contributed by atoms with van der Waals surface area (Å²) in [6, 6.07) is 2.74. The smallest absolute Gasteiger partial charge is 0.164 e. The van der Waals surface area contributed by atoms with Gasteiger partial charge in [0, 0.05) is 18.6 Å². The molecule has 0 saturated carbocycles. The topological polar surface area (TPSA) is 26.3 Å². The molecule has 4 heteroatoms. The number of hydrogen-bond donors (Lipinski definition) is 0. The minimum absolute atomic E-state index is 0.0396. The van der Waals surface area contributed by atoms with Crippen LogP contribution in [0, 0.1) is 12.7 Å². The van der Waals surface area contributed by atoms with Gasteiger partial charge >= 0.3 is 0 Å². The summed E-state index contributed by atoms with van der Waals surface area (Å²) in [5, 5.41) is 0.192. The Morgan fingerprint density at radius 2 is 2.26 bits per heavy atom. The molecule has 104 valence electrons. The van der Waals surface area contributed by atoms with E-state index in [4.69, 9.17) is 16.3 Å². The molecule has 0 spiro atoms. The molecule has 1 aliphatic rings. The number of carbonyl (C=O) groups is 1. The fourth-order valence-corrected chi connectivity index (χ4v) is 2.59. The lowest BCUT2D eigenvalue weighted by Gasteiger charge is -2.22. The van der Waals surface area contributed by atoms with Crippen molar-refractivity contribution < 1.29 is 13.9 Å². The Bertz CT molecular complexity index is 467. The summed E-state index contributed by atoms with van der Waals surface area (Å²) < 4.78 is 18.9. The molecule has 1 fully saturated rings. The minimum atomic E-state index is -0.378. The highest BCUT2D eigenvalue weighted by Gasteiger charge is 2.18. The van der Waals surface area contributed by atoms with Crippen molar-refractivity contribution in [3.63, 3.8) is 0 Å². The zero-order valence-corrected chi connectivity index (χ0v) is 11.8. The number of carbonyl (C=O) groups excluding carboxylic acids is 1. The maximum Gasteiger partial charge on any atom is 0.164 e. The predicted octanol–water partition coefficient (Wildman–Crippen LogP) is 4.32. The van der Waals surface area contributed by atoms with Gasteiger partial charge in [-0.15, -0.1) is 0 Å². The number of hydrogen-bond acceptors (Lipinski definition) is 2. The van der Waals surface area contributed by atoms with E-state index in [9.17, 15) is 9.18 Å². The molecule has 0 bridgehead atoms. The second kappa shape index (κ2) is 6.49. The molecule has 0 aliphatic carbocycles. The van der Waals surface area contributed by atoms with Gasteiger partial charge in [-0.1, -0.05) is 11.6 Å². The lowest BCUT2D eigenvalue weighted by atomic mass is 9.99. The predicted molar refractivity (Wildman–Crippen MR) is 73.3 cm³/mol. The summed E-state index contributed by atoms with van der Waals surface area (Å²) >= 11 is 5.93. The van der Waals surface area contributed by atoms with Gasteiger partial charge in [0.15, 0.2) is 5.78 Å². The number of halogens is 2. The third-order valence-electron chi connectivity index (χ3n) is 3.52. The SMILES string of the molecule is Cc1cc(C(=O)CCC2CCCCO2)c(Cl)cc1F. The molecular formula is C15H18ClFO2. The van der Waals surface area contributed by atoms with Crippen LogP contribution in [0.1, 0.15) is 48.0 Å². The van der Waals surface area contributed by atoms with Gasteiger partial charge in [-0.05, 0) is 50.3 Å². The van der Waals surface area contributed by atoms with Crippen LogP contribution in [0.15, 0.2) is 12.1 Å². The van der Waals surface area contributed by atoms with Crippen molar-refractivity contribution in [2.75, 3.05) is 6.61 Å². The molecule has 0 amide bonds. The van der Waals surface area contributed by atoms with E-state index < -0.39 is 0 Å². The Morgan fingerprint density at radius 1 is 1.47 bits per heavy atom. The van der Waals surface area contributed by atoms with E-state index >= 15 is 0 Å². The van der Waals surface area contributed by atoms with Gasteiger partial charge in [-0.3, -0.25) is 4.79 Å². The average Bonchev–Trinajstić information content (AvgIpc) is 2.41. The summed E-state index contributed by atoms with van der Waals surface area (Å²) in [6.45, 7) is 2.42. The van der Waals surface area contributed by atoms with E-state index in [2.05, 4.69) is 0 Å². The van der Waals surface area contributed by atoms with Gasteiger partial charge in [0.1, 0.15) is 5.82 Å². The molecule has 0 radical (unpaired) electrons. The summed E-state index contributed by atoms with van der Waals surface area (Å²) in [5.74, 6) is -0.417. The van der Waals surface area contributed by atoms with Gasteiger partial charge < -0.3 is 4.74 Å². The van der Waals surface area contributed by atoms with E-state index in [1.165, 1.54) is 12.1 Å². The van der Waals surface area contributed by atoms with Gasteiger partial charge in [0.25, 0.3) is 0 Å². The average molecular weight is 285 g/mol. The van der Waals surface area contributed by atoms with E-state index in [-0.39, 0.29) is 22.7 Å². The Morgan fingerprint density at radius 3 is 2.95 bits per heavy atom. The van der Waals surface area contributed by atoms with Crippen LogP contribution in [0.4, 0.5) is 4.39 Å². The number of benzene rings is 1. The van der Waals surface area contributed by atoms with Crippen LogP contribution < -0.4 is 0 Å². The molecule has 1 aromatic rings. The highest BCUT2D eigenvalue weighted by atomic mass is 35.5. The van der Waals surface area contributed by atoms with Gasteiger partial charge in [-0.2, -0.15) is 0 Å². The molecule has 1 unspecified atom stereocenters. The van der Waals surface area contributed by atoms with Crippen LogP contribution in [-0.2, 0) is 4.74 Å². The van der Waals surface area contributed by atoms with Crippen molar-refractivity contribution in [3.05, 3.63) is 34.1 Å². The molecule has 0 N–H and O–H groups in total. The molecule has 1 atom stereocenters. The van der Waals surface area contributed by atoms with E-state index in [1.54, 1.807) is 6.92 Å². The minimum Gasteiger partial charge on any atom is -0.378 e. The number of Topliss-reactive ketones (excluding diaryl/α,β-unsaturated/α-hetero) is 1. The van der Waals surface area contributed by atoms with Crippen molar-refractivity contribution >= 4 is 17.4 Å². The van der Waals surface area contributed by atoms with Crippen molar-refractivity contribution in [1.82, 2.24) is 0 Å². The Labute approximate surface area is 117 Å². The van der Waals surface area contributed by atoms with Crippen molar-refractivity contribution in [2.24, 2.45) is 0 Å². The molecule has 1 heterocycles. The zero-order chi connectivity index (χ0) is 13.8. The maximum absolute atomic E-state index is 13.3. The lowest BCUT2D eigenvalue weighted by molar-refractivity contribution is 0.0104. The maximum atomic E-state index is 13.3. The quantitative estimate of drug-likeness (QED) is 0.770. The monoisotopic (exact) mass is 284 g/mol. The van der Waals surface area contributed by atoms with Crippen molar-refractivity contribution in [2.45, 2.75) is 45.1 Å². The Hall–Kier alpha value is -0.930. The summed E-state index contributed by atoms with van der Waals surface area (Å²) in [5.41, 5.74) is 0.859. The molecule has 19 heavy (non-hydrogen) atoms. The number of ketones is 1. The standard InChI is InChI=1S/C15H18ClFO2/c1-10-8-12(13(16)9-14(10)17)15(18)6-5-11-4-2-3-7-19-11/h8-9,11H,2-7H2,1H3. The van der Waals surface area contributed by atoms with Crippen LogP contribution in [-0.4, -0.2) is 18.5 Å². The number of ether oxygens (including phenoxy) is 1. The van der Waals surface area contributed by atoms with E-state index in [0.29, 0.717) is 24.0 Å². The molecule has 2 nitrogen and oxygen atoms in total. The fraction of sp³-hybridized carbons (Fsp3) is 0.533. The normalized spacial score (nSPS) is 19.4. The third-order valence-corrected chi connectivity index (χ3v) is 3.83. The van der Waals surface area contributed by atoms with Gasteiger partial charge in [0.05, 0.1) is 11.1 Å². The zero-order valence-electron chi connectivity index (χ0n) is 11.0. The number of rotatable bonds is 4. The van der Waals surface area contributed by atoms with Crippen LogP contribution in [0.3, 0.4) is 0 Å². The van der Waals surface area contributed by atoms with Gasteiger partial charge in [0.2, 0.25) is 0 Å². The first-order chi connectivity index (χ1) is 9.08. The van der Waals surface area contributed by atoms with Crippen LogP contribution in [0.5, 0.6) is 0 Å². The second-order valence-corrected chi connectivity index (χ2v) is 5.44. The first-order valence-corrected chi connectivity index (χ1v) is 7.06. The van der Waals surface area contributed by atoms with Crippen LogP contribution in [0.2, 0.25) is 5.02 Å². The molecule has 2 rings (SSSR count). The molecule has 0 aromatic heterocycles. The molecule has 1 aromatic carbocycles. The van der Waals surface area contributed by atoms with Crippen molar-refractivity contribution in [3.8, 4) is 0 Å². The summed E-state index contributed by atoms with van der Waals surface area (Å²) in [7, 11) is 0. The van der Waals surface area contributed by atoms with E-state index in [1.807, 2.05) is 0 Å². The second-order valence-electron chi connectivity index (χ2n) is 5.03. The Balaban J connectivity index is 1.97. The first kappa shape index (κ1) is 14.5. The van der Waals surface area contributed by atoms with Crippen LogP contribution in [0.25, 0.3) is 0 Å². The molecular weight excluding hydrogens is 267 g/mol. The molecule has 1 aliphatic heterocycles. The fourth-order valence-electron chi connectivity index (χ4n) is 2.33. The Kier molecular flexibility index (Phi) is 4.94.